The van der Waals surface area contributed by atoms with Gasteiger partial charge in [0, 0.05) is 12.6 Å². The third-order valence-corrected chi connectivity index (χ3v) is 2.82. The quantitative estimate of drug-likeness (QED) is 0.804. The first kappa shape index (κ1) is 10.8. The lowest BCUT2D eigenvalue weighted by molar-refractivity contribution is 0.775. The van der Waals surface area contributed by atoms with Gasteiger partial charge in [0.2, 0.25) is 0 Å². The number of rotatable bonds is 2. The zero-order chi connectivity index (χ0) is 11.7. The van der Waals surface area contributed by atoms with Crippen molar-refractivity contribution >= 4 is 17.2 Å². The molecule has 3 nitrogen and oxygen atoms in total. The van der Waals surface area contributed by atoms with Gasteiger partial charge in [-0.25, -0.2) is 0 Å². The van der Waals surface area contributed by atoms with Crippen LogP contribution in [0.4, 0.5) is 0 Å². The van der Waals surface area contributed by atoms with Gasteiger partial charge in [-0.3, -0.25) is 4.68 Å². The molecule has 82 valence electrons. The summed E-state index contributed by atoms with van der Waals surface area (Å²) in [5, 5.41) is 4.20. The minimum absolute atomic E-state index is 0.381. The monoisotopic (exact) mass is 231 g/mol. The Kier molecular flexibility index (Phi) is 2.75. The Balaban J connectivity index is 2.68. The van der Waals surface area contributed by atoms with E-state index in [1.165, 1.54) is 5.56 Å². The number of benzene rings is 1. The normalized spacial score (nSPS) is 10.4. The first-order valence-corrected chi connectivity index (χ1v) is 5.40. The fourth-order valence-electron chi connectivity index (χ4n) is 1.78. The van der Waals surface area contributed by atoms with Crippen LogP contribution in [-0.2, 0) is 7.05 Å². The number of aryl methyl sites for hydroxylation is 2. The molecule has 0 aliphatic carbocycles. The molecule has 0 saturated heterocycles. The first-order valence-electron chi connectivity index (χ1n) is 4.99. The predicted molar refractivity (Wildman–Crippen MR) is 69.3 cm³/mol. The van der Waals surface area contributed by atoms with Crippen molar-refractivity contribution in [1.82, 2.24) is 9.78 Å². The molecule has 2 rings (SSSR count). The van der Waals surface area contributed by atoms with E-state index in [1.54, 1.807) is 10.9 Å². The van der Waals surface area contributed by atoms with E-state index in [9.17, 15) is 0 Å². The van der Waals surface area contributed by atoms with Crippen molar-refractivity contribution < 1.29 is 0 Å². The number of nitrogens with two attached hydrogens (primary N) is 1. The number of aromatic nitrogens is 2. The van der Waals surface area contributed by atoms with Crippen LogP contribution >= 0.6 is 12.2 Å². The highest BCUT2D eigenvalue weighted by Crippen LogP contribution is 2.25. The van der Waals surface area contributed by atoms with Gasteiger partial charge in [-0.1, -0.05) is 36.5 Å². The molecule has 0 saturated carbocycles. The average molecular weight is 231 g/mol. The maximum absolute atomic E-state index is 5.69. The fourth-order valence-corrected chi connectivity index (χ4v) is 1.93. The standard InChI is InChI=1S/C12H13N3S/c1-8-5-3-4-6-9(8)11-10(12(13)16)7-14-15(11)2/h3-7H,1-2H3,(H2,13,16). The van der Waals surface area contributed by atoms with Gasteiger partial charge in [-0.2, -0.15) is 5.10 Å². The Morgan fingerprint density at radius 1 is 1.38 bits per heavy atom. The zero-order valence-electron chi connectivity index (χ0n) is 9.27. The Bertz CT molecular complexity index is 543. The van der Waals surface area contributed by atoms with E-state index >= 15 is 0 Å². The maximum Gasteiger partial charge on any atom is 0.107 e. The van der Waals surface area contributed by atoms with Crippen molar-refractivity contribution in [1.29, 1.82) is 0 Å². The lowest BCUT2D eigenvalue weighted by atomic mass is 10.0. The molecule has 0 unspecified atom stereocenters. The van der Waals surface area contributed by atoms with Gasteiger partial charge in [0.25, 0.3) is 0 Å². The number of hydrogen-bond donors (Lipinski definition) is 1. The Morgan fingerprint density at radius 2 is 2.06 bits per heavy atom. The van der Waals surface area contributed by atoms with E-state index in [4.69, 9.17) is 18.0 Å². The highest BCUT2D eigenvalue weighted by Gasteiger charge is 2.14. The molecule has 1 heterocycles. The van der Waals surface area contributed by atoms with Crippen LogP contribution in [0, 0.1) is 6.92 Å². The van der Waals surface area contributed by atoms with Gasteiger partial charge in [0.15, 0.2) is 0 Å². The first-order chi connectivity index (χ1) is 7.61. The molecule has 1 aromatic heterocycles. The summed E-state index contributed by atoms with van der Waals surface area (Å²) in [5.74, 6) is 0. The topological polar surface area (TPSA) is 43.8 Å². The van der Waals surface area contributed by atoms with Gasteiger partial charge < -0.3 is 5.73 Å². The Hall–Kier alpha value is -1.68. The predicted octanol–water partition coefficient (Wildman–Crippen LogP) is 2.03. The second-order valence-corrected chi connectivity index (χ2v) is 4.15. The van der Waals surface area contributed by atoms with Gasteiger partial charge >= 0.3 is 0 Å². The lowest BCUT2D eigenvalue weighted by Gasteiger charge is -2.08. The highest BCUT2D eigenvalue weighted by molar-refractivity contribution is 7.80. The second-order valence-electron chi connectivity index (χ2n) is 3.71. The van der Waals surface area contributed by atoms with Gasteiger partial charge in [-0.05, 0) is 12.5 Å². The van der Waals surface area contributed by atoms with E-state index in [-0.39, 0.29) is 0 Å². The molecule has 0 spiro atoms. The van der Waals surface area contributed by atoms with Crippen LogP contribution in [0.2, 0.25) is 0 Å². The van der Waals surface area contributed by atoms with Crippen LogP contribution in [0.1, 0.15) is 11.1 Å². The van der Waals surface area contributed by atoms with Crippen LogP contribution in [0.25, 0.3) is 11.3 Å². The molecule has 2 aromatic rings. The molecule has 1 aromatic carbocycles. The lowest BCUT2D eigenvalue weighted by Crippen LogP contribution is -2.10. The van der Waals surface area contributed by atoms with Crippen molar-refractivity contribution in [2.75, 3.05) is 0 Å². The number of nitrogens with zero attached hydrogens (tertiary/aromatic N) is 2. The molecule has 0 amide bonds. The summed E-state index contributed by atoms with van der Waals surface area (Å²) in [6.07, 6.45) is 1.71. The molecule has 0 radical (unpaired) electrons. The summed E-state index contributed by atoms with van der Waals surface area (Å²) in [7, 11) is 1.89. The van der Waals surface area contributed by atoms with Crippen molar-refractivity contribution in [3.63, 3.8) is 0 Å². The van der Waals surface area contributed by atoms with E-state index in [0.717, 1.165) is 16.8 Å². The smallest absolute Gasteiger partial charge is 0.107 e. The van der Waals surface area contributed by atoms with Crippen LogP contribution in [-0.4, -0.2) is 14.8 Å². The molecular weight excluding hydrogens is 218 g/mol. The number of hydrogen-bond acceptors (Lipinski definition) is 2. The molecule has 2 N–H and O–H groups in total. The molecule has 0 bridgehead atoms. The fraction of sp³-hybridized carbons (Fsp3) is 0.167. The van der Waals surface area contributed by atoms with E-state index in [0.29, 0.717) is 4.99 Å². The van der Waals surface area contributed by atoms with Gasteiger partial charge in [0.05, 0.1) is 17.5 Å². The third-order valence-electron chi connectivity index (χ3n) is 2.60. The highest BCUT2D eigenvalue weighted by atomic mass is 32.1. The number of thiocarbonyl (C=S) groups is 1. The summed E-state index contributed by atoms with van der Waals surface area (Å²) < 4.78 is 1.80. The van der Waals surface area contributed by atoms with Crippen LogP contribution in [0.5, 0.6) is 0 Å². The Labute approximate surface area is 99.9 Å². The van der Waals surface area contributed by atoms with Crippen molar-refractivity contribution in [3.05, 3.63) is 41.6 Å². The van der Waals surface area contributed by atoms with Crippen molar-refractivity contribution in [2.24, 2.45) is 12.8 Å². The summed E-state index contributed by atoms with van der Waals surface area (Å²) >= 11 is 5.03. The maximum atomic E-state index is 5.69. The van der Waals surface area contributed by atoms with Crippen molar-refractivity contribution in [3.8, 4) is 11.3 Å². The third kappa shape index (κ3) is 1.72. The summed E-state index contributed by atoms with van der Waals surface area (Å²) in [4.78, 5) is 0.381. The van der Waals surface area contributed by atoms with E-state index in [1.807, 2.05) is 25.2 Å². The van der Waals surface area contributed by atoms with Crippen molar-refractivity contribution in [2.45, 2.75) is 6.92 Å². The molecule has 0 aliphatic heterocycles. The molecular formula is C12H13N3S. The molecule has 0 fully saturated rings. The molecule has 0 aliphatic rings. The van der Waals surface area contributed by atoms with Crippen LogP contribution in [0.15, 0.2) is 30.5 Å². The van der Waals surface area contributed by atoms with Gasteiger partial charge in [-0.15, -0.1) is 0 Å². The summed E-state index contributed by atoms with van der Waals surface area (Å²) in [6.45, 7) is 2.06. The largest absolute Gasteiger partial charge is 0.389 e. The molecule has 4 heteroatoms. The SMILES string of the molecule is Cc1ccccc1-c1c(C(N)=S)cnn1C. The minimum Gasteiger partial charge on any atom is -0.389 e. The summed E-state index contributed by atoms with van der Waals surface area (Å²) in [6, 6.07) is 8.12. The van der Waals surface area contributed by atoms with Crippen LogP contribution < -0.4 is 5.73 Å². The van der Waals surface area contributed by atoms with Gasteiger partial charge in [0.1, 0.15) is 4.99 Å². The molecule has 0 atom stereocenters. The second kappa shape index (κ2) is 4.06. The van der Waals surface area contributed by atoms with Crippen LogP contribution in [0.3, 0.4) is 0 Å². The summed E-state index contributed by atoms with van der Waals surface area (Å²) in [5.41, 5.74) is 9.80. The molecule has 16 heavy (non-hydrogen) atoms. The van der Waals surface area contributed by atoms with E-state index < -0.39 is 0 Å². The van der Waals surface area contributed by atoms with E-state index in [2.05, 4.69) is 18.1 Å². The minimum atomic E-state index is 0.381. The Morgan fingerprint density at radius 3 is 2.69 bits per heavy atom. The average Bonchev–Trinajstić information content (AvgIpc) is 2.61. The zero-order valence-corrected chi connectivity index (χ0v) is 10.1.